The number of hydrogen-bond donors (Lipinski definition) is 2. The van der Waals surface area contributed by atoms with Gasteiger partial charge in [-0.2, -0.15) is 5.10 Å². The average Bonchev–Trinajstić information content (AvgIpc) is 3.46. The van der Waals surface area contributed by atoms with Gasteiger partial charge in [-0.1, -0.05) is 12.1 Å². The summed E-state index contributed by atoms with van der Waals surface area (Å²) in [5.41, 5.74) is 3.92. The SMILES string of the molecule is Cn1cc(-c2ccc3cnc(NC(=O)C4=CC5CC5CC(C5CCNCC5)=N4)cc3c2)cn1. The zero-order valence-corrected chi connectivity index (χ0v) is 18.8. The van der Waals surface area contributed by atoms with E-state index in [0.717, 1.165) is 54.3 Å². The average molecular weight is 441 g/mol. The van der Waals surface area contributed by atoms with Gasteiger partial charge in [-0.3, -0.25) is 14.5 Å². The molecular weight excluding hydrogens is 412 g/mol. The van der Waals surface area contributed by atoms with E-state index < -0.39 is 0 Å². The molecule has 6 rings (SSSR count). The molecule has 0 spiro atoms. The second-order valence-corrected chi connectivity index (χ2v) is 9.53. The molecule has 33 heavy (non-hydrogen) atoms. The van der Waals surface area contributed by atoms with Crippen molar-refractivity contribution in [2.24, 2.45) is 29.8 Å². The molecular formula is C26H28N6O. The number of fused-ring (bicyclic) bond motifs is 2. The van der Waals surface area contributed by atoms with E-state index in [1.165, 1.54) is 12.1 Å². The number of anilines is 1. The van der Waals surface area contributed by atoms with Crippen LogP contribution in [0, 0.1) is 17.8 Å². The van der Waals surface area contributed by atoms with Crippen molar-refractivity contribution in [1.29, 1.82) is 0 Å². The first-order valence-electron chi connectivity index (χ1n) is 11.8. The summed E-state index contributed by atoms with van der Waals surface area (Å²) in [7, 11) is 1.91. The number of nitrogens with one attached hydrogen (secondary N) is 2. The van der Waals surface area contributed by atoms with E-state index in [4.69, 9.17) is 4.99 Å². The summed E-state index contributed by atoms with van der Waals surface area (Å²) in [5, 5.41) is 12.7. The smallest absolute Gasteiger partial charge is 0.275 e. The number of hydrogen-bond acceptors (Lipinski definition) is 5. The predicted molar refractivity (Wildman–Crippen MR) is 130 cm³/mol. The zero-order valence-electron chi connectivity index (χ0n) is 18.8. The van der Waals surface area contributed by atoms with Crippen molar-refractivity contribution in [2.75, 3.05) is 18.4 Å². The molecule has 3 aromatic rings. The van der Waals surface area contributed by atoms with Gasteiger partial charge in [0.25, 0.3) is 5.91 Å². The Kier molecular flexibility index (Phi) is 5.06. The molecule has 0 radical (unpaired) electrons. The first-order chi connectivity index (χ1) is 16.1. The van der Waals surface area contributed by atoms with Gasteiger partial charge in [0.1, 0.15) is 11.5 Å². The van der Waals surface area contributed by atoms with Gasteiger partial charge < -0.3 is 10.6 Å². The molecule has 7 heteroatoms. The van der Waals surface area contributed by atoms with Crippen LogP contribution in [0.2, 0.25) is 0 Å². The molecule has 168 valence electrons. The fourth-order valence-corrected chi connectivity index (χ4v) is 5.10. The molecule has 2 aliphatic heterocycles. The van der Waals surface area contributed by atoms with Gasteiger partial charge >= 0.3 is 0 Å². The normalized spacial score (nSPS) is 22.8. The number of aliphatic imine (C=N–C) groups is 1. The van der Waals surface area contributed by atoms with Gasteiger partial charge in [-0.25, -0.2) is 4.98 Å². The van der Waals surface area contributed by atoms with E-state index >= 15 is 0 Å². The number of carbonyl (C=O) groups excluding carboxylic acids is 1. The Morgan fingerprint density at radius 3 is 2.82 bits per heavy atom. The van der Waals surface area contributed by atoms with Gasteiger partial charge in [0.15, 0.2) is 0 Å². The van der Waals surface area contributed by atoms with Gasteiger partial charge in [0, 0.05) is 36.1 Å². The lowest BCUT2D eigenvalue weighted by Gasteiger charge is -2.24. The Morgan fingerprint density at radius 1 is 1.12 bits per heavy atom. The van der Waals surface area contributed by atoms with Crippen LogP contribution in [0.5, 0.6) is 0 Å². The number of piperidine rings is 1. The molecule has 0 bridgehead atoms. The van der Waals surface area contributed by atoms with Crippen LogP contribution < -0.4 is 10.6 Å². The van der Waals surface area contributed by atoms with Crippen molar-refractivity contribution in [3.63, 3.8) is 0 Å². The van der Waals surface area contributed by atoms with E-state index in [1.54, 1.807) is 10.9 Å². The number of benzene rings is 1. The molecule has 1 aromatic carbocycles. The highest BCUT2D eigenvalue weighted by Gasteiger charge is 2.40. The van der Waals surface area contributed by atoms with Crippen LogP contribution in [0.3, 0.4) is 0 Å². The van der Waals surface area contributed by atoms with Crippen molar-refractivity contribution < 1.29 is 4.79 Å². The molecule has 1 aliphatic carbocycles. The second kappa shape index (κ2) is 8.23. The van der Waals surface area contributed by atoms with Crippen LogP contribution in [-0.2, 0) is 11.8 Å². The zero-order chi connectivity index (χ0) is 22.4. The van der Waals surface area contributed by atoms with Crippen molar-refractivity contribution in [2.45, 2.75) is 25.7 Å². The van der Waals surface area contributed by atoms with Crippen LogP contribution in [0.25, 0.3) is 21.9 Å². The van der Waals surface area contributed by atoms with Gasteiger partial charge in [0.2, 0.25) is 0 Å². The van der Waals surface area contributed by atoms with Crippen molar-refractivity contribution in [1.82, 2.24) is 20.1 Å². The van der Waals surface area contributed by atoms with Crippen molar-refractivity contribution >= 4 is 28.2 Å². The Labute approximate surface area is 193 Å². The summed E-state index contributed by atoms with van der Waals surface area (Å²) in [6.07, 6.45) is 12.2. The first kappa shape index (κ1) is 20.3. The lowest BCUT2D eigenvalue weighted by atomic mass is 9.90. The third-order valence-corrected chi connectivity index (χ3v) is 7.13. The minimum absolute atomic E-state index is 0.163. The number of pyridine rings is 1. The number of nitrogens with zero attached hydrogens (tertiary/aromatic N) is 4. The molecule has 4 heterocycles. The highest BCUT2D eigenvalue weighted by atomic mass is 16.2. The fraction of sp³-hybridized carbons (Fsp3) is 0.385. The second-order valence-electron chi connectivity index (χ2n) is 9.53. The number of allylic oxidation sites excluding steroid dienone is 1. The van der Waals surface area contributed by atoms with E-state index in [0.29, 0.717) is 29.3 Å². The number of aromatic nitrogens is 3. The minimum atomic E-state index is -0.163. The van der Waals surface area contributed by atoms with E-state index in [2.05, 4.69) is 38.9 Å². The summed E-state index contributed by atoms with van der Waals surface area (Å²) in [4.78, 5) is 22.6. The monoisotopic (exact) mass is 440 g/mol. The van der Waals surface area contributed by atoms with Gasteiger partial charge in [-0.05, 0) is 85.7 Å². The summed E-state index contributed by atoms with van der Waals surface area (Å²) in [6.45, 7) is 2.07. The number of rotatable bonds is 4. The topological polar surface area (TPSA) is 84.2 Å². The van der Waals surface area contributed by atoms with Gasteiger partial charge in [0.05, 0.1) is 6.20 Å². The Balaban J connectivity index is 1.25. The van der Waals surface area contributed by atoms with Crippen molar-refractivity contribution in [3.8, 4) is 11.1 Å². The molecule has 2 unspecified atom stereocenters. The quantitative estimate of drug-likeness (QED) is 0.644. The largest absolute Gasteiger partial charge is 0.317 e. The van der Waals surface area contributed by atoms with E-state index in [1.807, 2.05) is 31.6 Å². The van der Waals surface area contributed by atoms with Crippen LogP contribution in [0.1, 0.15) is 25.7 Å². The lowest BCUT2D eigenvalue weighted by Crippen LogP contribution is -2.32. The van der Waals surface area contributed by atoms with Crippen LogP contribution >= 0.6 is 0 Å². The highest BCUT2D eigenvalue weighted by Crippen LogP contribution is 2.46. The lowest BCUT2D eigenvalue weighted by molar-refractivity contribution is -0.112. The maximum absolute atomic E-state index is 13.2. The highest BCUT2D eigenvalue weighted by molar-refractivity contribution is 6.06. The summed E-state index contributed by atoms with van der Waals surface area (Å²) < 4.78 is 1.79. The molecule has 2 fully saturated rings. The Hall–Kier alpha value is -3.32. The maximum atomic E-state index is 13.2. The minimum Gasteiger partial charge on any atom is -0.317 e. The molecule has 1 saturated carbocycles. The third kappa shape index (κ3) is 4.20. The Bertz CT molecular complexity index is 1280. The molecule has 2 aromatic heterocycles. The molecule has 1 amide bonds. The fourth-order valence-electron chi connectivity index (χ4n) is 5.10. The molecule has 3 aliphatic rings. The predicted octanol–water partition coefficient (Wildman–Crippen LogP) is 3.94. The first-order valence-corrected chi connectivity index (χ1v) is 11.8. The van der Waals surface area contributed by atoms with Crippen LogP contribution in [0.4, 0.5) is 5.82 Å². The van der Waals surface area contributed by atoms with Crippen LogP contribution in [-0.4, -0.2) is 39.5 Å². The molecule has 7 nitrogen and oxygen atoms in total. The summed E-state index contributed by atoms with van der Waals surface area (Å²) in [5.74, 6) is 2.02. The number of carbonyl (C=O) groups is 1. The summed E-state index contributed by atoms with van der Waals surface area (Å²) >= 11 is 0. The number of amides is 1. The van der Waals surface area contributed by atoms with E-state index in [-0.39, 0.29) is 5.91 Å². The molecule has 2 N–H and O–H groups in total. The standard InChI is InChI=1S/C26H28N6O/c1-32-15-22(14-29-32)17-2-3-18-13-28-25(12-21(18)8-17)31-26(33)24-11-20-9-19(20)10-23(30-24)16-4-6-27-7-5-16/h2-3,8,11-16,19-20,27H,4-7,9-10H2,1H3,(H,28,31,33). The van der Waals surface area contributed by atoms with E-state index in [9.17, 15) is 4.79 Å². The van der Waals surface area contributed by atoms with Gasteiger partial charge in [-0.15, -0.1) is 0 Å². The number of aryl methyl sites for hydroxylation is 1. The van der Waals surface area contributed by atoms with Crippen LogP contribution in [0.15, 0.2) is 59.6 Å². The molecule has 2 atom stereocenters. The van der Waals surface area contributed by atoms with Crippen molar-refractivity contribution in [3.05, 3.63) is 54.6 Å². The summed E-state index contributed by atoms with van der Waals surface area (Å²) in [6, 6.07) is 8.16. The Morgan fingerprint density at radius 2 is 2.00 bits per heavy atom. The molecule has 1 saturated heterocycles. The third-order valence-electron chi connectivity index (χ3n) is 7.13. The maximum Gasteiger partial charge on any atom is 0.275 e.